The third-order valence-electron chi connectivity index (χ3n) is 6.78. The van der Waals surface area contributed by atoms with Gasteiger partial charge in [0.2, 0.25) is 5.95 Å². The number of anilines is 3. The van der Waals surface area contributed by atoms with Crippen LogP contribution in [0.5, 0.6) is 5.75 Å². The highest BCUT2D eigenvalue weighted by atomic mass is 19.4. The maximum absolute atomic E-state index is 13.6. The molecule has 14 nitrogen and oxygen atoms in total. The van der Waals surface area contributed by atoms with Crippen molar-refractivity contribution < 1.29 is 37.5 Å². The second-order valence-corrected chi connectivity index (χ2v) is 9.52. The number of non-ortho nitro benzene ring substituents is 1. The number of aromatic nitrogens is 3. The standard InChI is InChI=1S/C29H17F3N8O6/c1-16-23(15-34)24(18-7-5-17(14-33)6-8-18)39-26(37(16)21-4-2-3-19(13-21)29(30,31)32)35-25(36-39)38(27(41)42)28(43)46-22-11-9-20(10-12-22)40(44)45/h2-13,24H,1H3,(H,41,42)/t24-/m1/s1. The number of nitrogens with zero attached hydrogens (tertiary/aromatic N) is 8. The van der Waals surface area contributed by atoms with Crippen molar-refractivity contribution in [3.8, 4) is 17.9 Å². The first-order valence-electron chi connectivity index (χ1n) is 12.9. The van der Waals surface area contributed by atoms with E-state index < -0.39 is 40.8 Å². The Morgan fingerprint density at radius 1 is 1.07 bits per heavy atom. The molecular weight excluding hydrogens is 613 g/mol. The third-order valence-corrected chi connectivity index (χ3v) is 6.78. The third kappa shape index (κ3) is 5.63. The Bertz CT molecular complexity index is 1990. The molecule has 2 heterocycles. The molecule has 0 saturated carbocycles. The summed E-state index contributed by atoms with van der Waals surface area (Å²) in [5.41, 5.74) is -0.663. The number of rotatable bonds is 5. The lowest BCUT2D eigenvalue weighted by atomic mass is 9.95. The first-order valence-corrected chi connectivity index (χ1v) is 12.9. The second kappa shape index (κ2) is 11.7. The van der Waals surface area contributed by atoms with Crippen molar-refractivity contribution in [1.82, 2.24) is 14.8 Å². The number of nitro benzene ring substituents is 1. The van der Waals surface area contributed by atoms with Gasteiger partial charge in [0, 0.05) is 23.5 Å². The van der Waals surface area contributed by atoms with E-state index in [1.165, 1.54) is 37.3 Å². The number of nitriles is 2. The largest absolute Gasteiger partial charge is 0.464 e. The molecule has 0 aliphatic carbocycles. The van der Waals surface area contributed by atoms with Crippen molar-refractivity contribution in [2.45, 2.75) is 19.1 Å². The van der Waals surface area contributed by atoms with Gasteiger partial charge in [-0.25, -0.2) is 14.3 Å². The van der Waals surface area contributed by atoms with Gasteiger partial charge < -0.3 is 9.84 Å². The minimum atomic E-state index is -4.73. The Labute approximate surface area is 256 Å². The van der Waals surface area contributed by atoms with Crippen LogP contribution < -0.4 is 14.5 Å². The van der Waals surface area contributed by atoms with Gasteiger partial charge in [0.25, 0.3) is 11.6 Å². The average Bonchev–Trinajstić information content (AvgIpc) is 3.43. The van der Waals surface area contributed by atoms with E-state index in [1.54, 1.807) is 0 Å². The SMILES string of the molecule is CC1=C(C#N)[C@@H](c2ccc(C#N)cc2)n2nc(N(C(=O)O)C(=O)Oc3ccc([N+](=O)[O-])cc3)nc2N1c1cccc(C(F)(F)F)c1. The van der Waals surface area contributed by atoms with Gasteiger partial charge >= 0.3 is 18.4 Å². The summed E-state index contributed by atoms with van der Waals surface area (Å²) in [6.45, 7) is 1.45. The molecule has 0 saturated heterocycles. The molecule has 0 spiro atoms. The number of allylic oxidation sites excluding steroid dienone is 2. The van der Waals surface area contributed by atoms with Gasteiger partial charge in [0.05, 0.1) is 33.8 Å². The summed E-state index contributed by atoms with van der Waals surface area (Å²) in [6.07, 6.45) is -8.16. The van der Waals surface area contributed by atoms with E-state index in [0.29, 0.717) is 5.56 Å². The summed E-state index contributed by atoms with van der Waals surface area (Å²) in [7, 11) is 0. The predicted octanol–water partition coefficient (Wildman–Crippen LogP) is 6.30. The van der Waals surface area contributed by atoms with Crippen molar-refractivity contribution in [3.05, 3.63) is 111 Å². The van der Waals surface area contributed by atoms with Gasteiger partial charge in [-0.3, -0.25) is 15.0 Å². The molecule has 17 heteroatoms. The predicted molar refractivity (Wildman–Crippen MR) is 151 cm³/mol. The highest BCUT2D eigenvalue weighted by molar-refractivity contribution is 6.07. The zero-order valence-electron chi connectivity index (χ0n) is 23.2. The van der Waals surface area contributed by atoms with Crippen LogP contribution in [-0.4, -0.2) is 37.0 Å². The molecule has 0 bridgehead atoms. The summed E-state index contributed by atoms with van der Waals surface area (Å²) >= 11 is 0. The first kappa shape index (κ1) is 30.7. The lowest BCUT2D eigenvalue weighted by molar-refractivity contribution is -0.384. The monoisotopic (exact) mass is 630 g/mol. The van der Waals surface area contributed by atoms with Crippen LogP contribution in [0, 0.1) is 32.8 Å². The molecule has 5 rings (SSSR count). The zero-order valence-corrected chi connectivity index (χ0v) is 23.2. The fourth-order valence-corrected chi connectivity index (χ4v) is 4.66. The van der Waals surface area contributed by atoms with Gasteiger partial charge in [-0.2, -0.15) is 28.7 Å². The van der Waals surface area contributed by atoms with E-state index in [9.17, 15) is 48.5 Å². The topological polar surface area (TPSA) is 192 Å². The molecule has 1 aliphatic rings. The van der Waals surface area contributed by atoms with E-state index in [1.807, 2.05) is 12.1 Å². The Kier molecular flexibility index (Phi) is 7.83. The molecule has 1 atom stereocenters. The van der Waals surface area contributed by atoms with Gasteiger partial charge in [0.1, 0.15) is 11.8 Å². The zero-order chi connectivity index (χ0) is 33.3. The number of benzene rings is 3. The van der Waals surface area contributed by atoms with Crippen LogP contribution in [0.15, 0.2) is 84.1 Å². The molecule has 1 aromatic heterocycles. The maximum atomic E-state index is 13.6. The van der Waals surface area contributed by atoms with Gasteiger partial charge in [-0.1, -0.05) is 18.2 Å². The normalized spacial score (nSPS) is 14.1. The summed E-state index contributed by atoms with van der Waals surface area (Å²) in [5.74, 6) is -1.29. The molecule has 4 aromatic rings. The lowest BCUT2D eigenvalue weighted by Gasteiger charge is -2.34. The molecule has 1 aliphatic heterocycles. The molecule has 230 valence electrons. The summed E-state index contributed by atoms with van der Waals surface area (Å²) in [4.78, 5) is 41.0. The number of alkyl halides is 3. The van der Waals surface area contributed by atoms with Crippen molar-refractivity contribution >= 4 is 35.5 Å². The molecular formula is C29H17F3N8O6. The van der Waals surface area contributed by atoms with E-state index in [2.05, 4.69) is 10.1 Å². The van der Waals surface area contributed by atoms with Crippen LogP contribution in [0.2, 0.25) is 0 Å². The summed E-state index contributed by atoms with van der Waals surface area (Å²) < 4.78 is 47.1. The molecule has 0 unspecified atom stereocenters. The number of carboxylic acid groups (broad SMARTS) is 1. The Balaban J connectivity index is 1.67. The van der Waals surface area contributed by atoms with Crippen LogP contribution in [-0.2, 0) is 6.18 Å². The number of carbonyl (C=O) groups is 2. The molecule has 2 amide bonds. The Morgan fingerprint density at radius 3 is 2.30 bits per heavy atom. The van der Waals surface area contributed by atoms with Crippen molar-refractivity contribution in [1.29, 1.82) is 10.5 Å². The van der Waals surface area contributed by atoms with Crippen LogP contribution in [0.3, 0.4) is 0 Å². The van der Waals surface area contributed by atoms with Crippen LogP contribution in [0.25, 0.3) is 0 Å². The quantitative estimate of drug-likeness (QED) is 0.192. The number of hydrogen-bond acceptors (Lipinski definition) is 10. The lowest BCUT2D eigenvalue weighted by Crippen LogP contribution is -2.39. The van der Waals surface area contributed by atoms with Crippen LogP contribution in [0.1, 0.15) is 29.7 Å². The number of halogens is 3. The Hall–Kier alpha value is -6.75. The van der Waals surface area contributed by atoms with Crippen molar-refractivity contribution in [2.75, 3.05) is 9.80 Å². The van der Waals surface area contributed by atoms with Crippen molar-refractivity contribution in [3.63, 3.8) is 0 Å². The van der Waals surface area contributed by atoms with E-state index in [-0.39, 0.29) is 44.8 Å². The summed E-state index contributed by atoms with van der Waals surface area (Å²) in [6, 6.07) is 17.1. The molecule has 1 N–H and O–H groups in total. The van der Waals surface area contributed by atoms with Crippen LogP contribution in [0.4, 0.5) is 46.0 Å². The van der Waals surface area contributed by atoms with E-state index in [0.717, 1.165) is 52.0 Å². The molecule has 0 radical (unpaired) electrons. The number of fused-ring (bicyclic) bond motifs is 1. The number of nitro groups is 1. The smallest absolute Gasteiger partial charge is 0.432 e. The van der Waals surface area contributed by atoms with Crippen molar-refractivity contribution in [2.24, 2.45) is 0 Å². The van der Waals surface area contributed by atoms with Gasteiger partial charge in [-0.15, -0.1) is 10.00 Å². The number of imide groups is 1. The fraction of sp³-hybridized carbons (Fsp3) is 0.103. The number of carbonyl (C=O) groups excluding carboxylic acids is 1. The number of ether oxygens (including phenoxy) is 1. The number of amides is 2. The Morgan fingerprint density at radius 2 is 1.74 bits per heavy atom. The molecule has 0 fully saturated rings. The fourth-order valence-electron chi connectivity index (χ4n) is 4.66. The maximum Gasteiger partial charge on any atom is 0.432 e. The minimum absolute atomic E-state index is 0.0126. The van der Waals surface area contributed by atoms with E-state index in [4.69, 9.17) is 4.74 Å². The number of hydrogen-bond donors (Lipinski definition) is 1. The summed E-state index contributed by atoms with van der Waals surface area (Å²) in [5, 5.41) is 44.6. The highest BCUT2D eigenvalue weighted by Gasteiger charge is 2.40. The molecule has 3 aromatic carbocycles. The molecule has 46 heavy (non-hydrogen) atoms. The minimum Gasteiger partial charge on any atom is -0.464 e. The van der Waals surface area contributed by atoms with Gasteiger partial charge in [0.15, 0.2) is 0 Å². The van der Waals surface area contributed by atoms with E-state index >= 15 is 0 Å². The highest BCUT2D eigenvalue weighted by Crippen LogP contribution is 2.44. The second-order valence-electron chi connectivity index (χ2n) is 9.52. The van der Waals surface area contributed by atoms with Gasteiger partial charge in [-0.05, 0) is 55.0 Å². The first-order chi connectivity index (χ1) is 21.8. The van der Waals surface area contributed by atoms with Crippen LogP contribution >= 0.6 is 0 Å². The average molecular weight is 630 g/mol.